The molecule has 1 amide bonds. The van der Waals surface area contributed by atoms with E-state index in [-0.39, 0.29) is 46.9 Å². The fourth-order valence-corrected chi connectivity index (χ4v) is 9.91. The second-order valence-electron chi connectivity index (χ2n) is 12.0. The zero-order chi connectivity index (χ0) is 32.1. The Bertz CT molecular complexity index is 1760. The molecule has 1 heterocycles. The molecule has 12 heteroatoms. The first-order chi connectivity index (χ1) is 21.4. The van der Waals surface area contributed by atoms with E-state index in [0.717, 1.165) is 24.3 Å². The smallest absolute Gasteiger partial charge is 0.306 e. The first-order valence-corrected chi connectivity index (χ1v) is 16.7. The van der Waals surface area contributed by atoms with Crippen molar-refractivity contribution < 1.29 is 41.0 Å². The number of benzene rings is 3. The van der Waals surface area contributed by atoms with Gasteiger partial charge in [0.05, 0.1) is 21.9 Å². The number of hydrogen-bond donors (Lipinski definition) is 1. The minimum Gasteiger partial charge on any atom is -0.489 e. The molecule has 0 unspecified atom stereocenters. The summed E-state index contributed by atoms with van der Waals surface area (Å²) in [6.07, 6.45) is 2.56. The van der Waals surface area contributed by atoms with E-state index in [1.54, 1.807) is 23.1 Å². The normalized spacial score (nSPS) is 24.5. The summed E-state index contributed by atoms with van der Waals surface area (Å²) in [6, 6.07) is 10.8. The number of sulfone groups is 1. The molecule has 2 atom stereocenters. The summed E-state index contributed by atoms with van der Waals surface area (Å²) in [4.78, 5) is 27.0. The Morgan fingerprint density at radius 2 is 1.60 bits per heavy atom. The Balaban J connectivity index is 1.34. The maximum atomic E-state index is 14.6. The van der Waals surface area contributed by atoms with Crippen LogP contribution in [-0.2, 0) is 37.2 Å². The number of carbonyl (C=O) groups is 2. The van der Waals surface area contributed by atoms with Crippen molar-refractivity contribution in [3.8, 4) is 5.75 Å². The highest BCUT2D eigenvalue weighted by atomic mass is 35.5. The van der Waals surface area contributed by atoms with Gasteiger partial charge in [0.1, 0.15) is 22.9 Å². The lowest BCUT2D eigenvalue weighted by Crippen LogP contribution is -2.53. The topological polar surface area (TPSA) is 101 Å². The molecule has 0 spiro atoms. The lowest BCUT2D eigenvalue weighted by Gasteiger charge is -2.43. The zero-order valence-electron chi connectivity index (χ0n) is 24.1. The molecule has 45 heavy (non-hydrogen) atoms. The van der Waals surface area contributed by atoms with E-state index in [2.05, 4.69) is 0 Å². The molecule has 1 N–H and O–H groups in total. The third-order valence-corrected chi connectivity index (χ3v) is 12.6. The Morgan fingerprint density at radius 3 is 2.29 bits per heavy atom. The summed E-state index contributed by atoms with van der Waals surface area (Å²) in [6.45, 7) is 0.0535. The molecular formula is C33H31ClF3NO6S. The molecule has 0 bridgehead atoms. The molecule has 0 aromatic heterocycles. The number of aliphatic carboxylic acids is 1. The van der Waals surface area contributed by atoms with Crippen molar-refractivity contribution in [3.05, 3.63) is 93.8 Å². The van der Waals surface area contributed by atoms with Gasteiger partial charge in [-0.15, -0.1) is 0 Å². The van der Waals surface area contributed by atoms with Crippen LogP contribution in [0.1, 0.15) is 55.2 Å². The van der Waals surface area contributed by atoms with Crippen LogP contribution in [0.4, 0.5) is 13.2 Å². The van der Waals surface area contributed by atoms with Crippen LogP contribution < -0.4 is 4.74 Å². The zero-order valence-corrected chi connectivity index (χ0v) is 25.7. The molecule has 2 aliphatic carbocycles. The fourth-order valence-electron chi connectivity index (χ4n) is 7.34. The Kier molecular flexibility index (Phi) is 8.36. The van der Waals surface area contributed by atoms with Gasteiger partial charge in [-0.1, -0.05) is 17.7 Å². The number of fused-ring (bicyclic) bond motifs is 3. The lowest BCUT2D eigenvalue weighted by molar-refractivity contribution is -0.146. The predicted octanol–water partition coefficient (Wildman–Crippen LogP) is 6.44. The van der Waals surface area contributed by atoms with Gasteiger partial charge in [-0.3, -0.25) is 9.59 Å². The molecule has 3 aromatic rings. The quantitative estimate of drug-likeness (QED) is 0.231. The van der Waals surface area contributed by atoms with Crippen LogP contribution in [-0.4, -0.2) is 42.9 Å². The summed E-state index contributed by atoms with van der Waals surface area (Å²) < 4.78 is 74.6. The molecule has 1 aliphatic heterocycles. The van der Waals surface area contributed by atoms with Crippen molar-refractivity contribution in [3.63, 3.8) is 0 Å². The summed E-state index contributed by atoms with van der Waals surface area (Å²) >= 11 is 6.06. The number of rotatable bonds is 7. The highest BCUT2D eigenvalue weighted by Gasteiger charge is 2.61. The van der Waals surface area contributed by atoms with Crippen molar-refractivity contribution in [2.45, 2.75) is 67.2 Å². The summed E-state index contributed by atoms with van der Waals surface area (Å²) in [5.74, 6) is -4.22. The number of aryl methyl sites for hydroxylation is 1. The number of likely N-dealkylation sites (tertiary alicyclic amines) is 1. The molecule has 238 valence electrons. The van der Waals surface area contributed by atoms with E-state index in [9.17, 15) is 36.3 Å². The molecule has 1 saturated heterocycles. The average Bonchev–Trinajstić information content (AvgIpc) is 3.43. The van der Waals surface area contributed by atoms with E-state index in [1.165, 1.54) is 12.1 Å². The third kappa shape index (κ3) is 5.48. The molecule has 7 nitrogen and oxygen atoms in total. The molecule has 6 rings (SSSR count). The number of carboxylic acids is 1. The maximum Gasteiger partial charge on any atom is 0.306 e. The van der Waals surface area contributed by atoms with Crippen LogP contribution in [0, 0.1) is 29.3 Å². The number of nitrogens with zero attached hydrogens (tertiary/aromatic N) is 1. The van der Waals surface area contributed by atoms with Gasteiger partial charge >= 0.3 is 5.97 Å². The first kappa shape index (κ1) is 31.4. The number of hydrogen-bond acceptors (Lipinski definition) is 5. The van der Waals surface area contributed by atoms with Crippen molar-refractivity contribution in [1.29, 1.82) is 0 Å². The minimum absolute atomic E-state index is 0.00575. The Hall–Kier alpha value is -3.57. The van der Waals surface area contributed by atoms with E-state index < -0.39 is 50.0 Å². The van der Waals surface area contributed by atoms with Crippen molar-refractivity contribution >= 4 is 33.3 Å². The number of halogens is 4. The fraction of sp³-hybridized carbons (Fsp3) is 0.394. The molecular weight excluding hydrogens is 631 g/mol. The van der Waals surface area contributed by atoms with E-state index in [1.807, 2.05) is 0 Å². The predicted molar refractivity (Wildman–Crippen MR) is 159 cm³/mol. The van der Waals surface area contributed by atoms with Gasteiger partial charge in [-0.05, 0) is 105 Å². The van der Waals surface area contributed by atoms with E-state index in [4.69, 9.17) is 16.3 Å². The summed E-state index contributed by atoms with van der Waals surface area (Å²) in [5, 5.41) is 9.39. The Labute approximate surface area is 263 Å². The lowest BCUT2D eigenvalue weighted by atomic mass is 9.77. The van der Waals surface area contributed by atoms with Crippen LogP contribution in [0.15, 0.2) is 59.5 Å². The maximum absolute atomic E-state index is 14.6. The van der Waals surface area contributed by atoms with Gasteiger partial charge in [-0.2, -0.15) is 0 Å². The monoisotopic (exact) mass is 661 g/mol. The summed E-state index contributed by atoms with van der Waals surface area (Å²) in [5.41, 5.74) is 1.49. The van der Waals surface area contributed by atoms with Gasteiger partial charge in [0.2, 0.25) is 5.91 Å². The van der Waals surface area contributed by atoms with Crippen LogP contribution in [0.5, 0.6) is 5.75 Å². The largest absolute Gasteiger partial charge is 0.489 e. The minimum atomic E-state index is -4.16. The van der Waals surface area contributed by atoms with Gasteiger partial charge in [0.25, 0.3) is 0 Å². The second kappa shape index (κ2) is 12.0. The van der Waals surface area contributed by atoms with Crippen molar-refractivity contribution in [2.24, 2.45) is 11.8 Å². The third-order valence-electron chi connectivity index (χ3n) is 9.65. The number of ether oxygens (including phenoxy) is 1. The highest BCUT2D eigenvalue weighted by Crippen LogP contribution is 2.53. The molecule has 3 aliphatic rings. The van der Waals surface area contributed by atoms with Crippen LogP contribution >= 0.6 is 11.6 Å². The van der Waals surface area contributed by atoms with E-state index in [0.29, 0.717) is 55.4 Å². The number of carboxylic acid groups (broad SMARTS) is 1. The molecule has 0 radical (unpaired) electrons. The van der Waals surface area contributed by atoms with Crippen LogP contribution in [0.2, 0.25) is 5.02 Å². The summed E-state index contributed by atoms with van der Waals surface area (Å²) in [7, 11) is -4.16. The van der Waals surface area contributed by atoms with Crippen molar-refractivity contribution in [1.82, 2.24) is 4.90 Å². The SMILES string of the molecule is O=C(O)[C@H]1CC[C@H](C(=O)N2CC[C@@]3(S(=O)(=O)c4ccc(F)cc4)c4ccc(OCc5cc(F)c(F)cc5Cl)cc4CC[C@@H]23)CC1. The molecule has 3 aromatic carbocycles. The number of amides is 1. The molecule has 1 saturated carbocycles. The standard InChI is InChI=1S/C33H31ClF3NO6S/c34-27-17-29(37)28(36)16-22(27)18-44-24-8-11-26-21(15-24)5-12-30-33(26,45(42,43)25-9-6-23(35)7-10-25)13-14-38(30)31(39)19-1-3-20(4-2-19)32(40)41/h6-11,15-17,19-20,30H,1-5,12-14,18H2,(H,40,41)/t19-,20-,30-,33-/m1/s1. The van der Waals surface area contributed by atoms with Crippen molar-refractivity contribution in [2.75, 3.05) is 6.54 Å². The van der Waals surface area contributed by atoms with Gasteiger partial charge < -0.3 is 14.7 Å². The highest BCUT2D eigenvalue weighted by molar-refractivity contribution is 7.92. The van der Waals surface area contributed by atoms with Crippen LogP contribution in [0.3, 0.4) is 0 Å². The number of carbonyl (C=O) groups excluding carboxylic acids is 1. The van der Waals surface area contributed by atoms with Gasteiger partial charge in [-0.25, -0.2) is 21.6 Å². The van der Waals surface area contributed by atoms with Gasteiger partial charge in [0, 0.05) is 18.0 Å². The molecule has 2 fully saturated rings. The Morgan fingerprint density at radius 1 is 0.933 bits per heavy atom. The first-order valence-electron chi connectivity index (χ1n) is 14.9. The average molecular weight is 662 g/mol. The second-order valence-corrected chi connectivity index (χ2v) is 14.6. The van der Waals surface area contributed by atoms with Gasteiger partial charge in [0.15, 0.2) is 21.5 Å². The van der Waals surface area contributed by atoms with E-state index >= 15 is 0 Å². The van der Waals surface area contributed by atoms with Crippen LogP contribution in [0.25, 0.3) is 0 Å².